The van der Waals surface area contributed by atoms with Gasteiger partial charge in [0.2, 0.25) is 0 Å². The Morgan fingerprint density at radius 2 is 1.72 bits per heavy atom. The summed E-state index contributed by atoms with van der Waals surface area (Å²) in [7, 11) is 0. The van der Waals surface area contributed by atoms with Gasteiger partial charge in [0.15, 0.2) is 0 Å². The summed E-state index contributed by atoms with van der Waals surface area (Å²) >= 11 is 1.53. The second-order valence-corrected chi connectivity index (χ2v) is 7.55. The zero-order valence-corrected chi connectivity index (χ0v) is 13.5. The Labute approximate surface area is 117 Å². The van der Waals surface area contributed by atoms with E-state index in [-0.39, 0.29) is 10.8 Å². The van der Waals surface area contributed by atoms with Crippen LogP contribution in [-0.4, -0.2) is 11.4 Å². The summed E-state index contributed by atoms with van der Waals surface area (Å²) < 4.78 is 0. The number of thioether (sulfide) groups is 1. The summed E-state index contributed by atoms with van der Waals surface area (Å²) in [4.78, 5) is 0.848. The minimum atomic E-state index is -0.118. The number of rotatable bonds is 3. The molecule has 0 aromatic carbocycles. The van der Waals surface area contributed by atoms with E-state index in [4.69, 9.17) is 6.42 Å². The van der Waals surface area contributed by atoms with Crippen LogP contribution in [0.3, 0.4) is 0 Å². The lowest BCUT2D eigenvalue weighted by Gasteiger charge is -2.25. The molecule has 0 aliphatic heterocycles. The molecule has 2 heteroatoms. The van der Waals surface area contributed by atoms with Gasteiger partial charge in [0, 0.05) is 6.42 Å². The first-order valence-corrected chi connectivity index (χ1v) is 7.38. The number of allylic oxidation sites excluding steroid dienone is 4. The summed E-state index contributed by atoms with van der Waals surface area (Å²) in [6.45, 7) is 12.6. The highest BCUT2D eigenvalue weighted by molar-refractivity contribution is 8.02. The first-order valence-electron chi connectivity index (χ1n) is 6.16. The van der Waals surface area contributed by atoms with Gasteiger partial charge in [-0.3, -0.25) is 0 Å². The molecule has 18 heavy (non-hydrogen) atoms. The molecule has 0 radical (unpaired) electrons. The summed E-state index contributed by atoms with van der Waals surface area (Å²) in [6.07, 6.45) is 10.0. The highest BCUT2D eigenvalue weighted by Crippen LogP contribution is 2.34. The monoisotopic (exact) mass is 266 g/mol. The van der Waals surface area contributed by atoms with Crippen LogP contribution in [-0.2, 0) is 0 Å². The van der Waals surface area contributed by atoms with E-state index in [1.165, 1.54) is 11.8 Å². The summed E-state index contributed by atoms with van der Waals surface area (Å²) in [5.74, 6) is 3.09. The second kappa shape index (κ2) is 6.38. The third-order valence-corrected chi connectivity index (χ3v) is 3.13. The molecular weight excluding hydrogens is 240 g/mol. The molecule has 0 unspecified atom stereocenters. The first-order chi connectivity index (χ1) is 8.01. The van der Waals surface area contributed by atoms with E-state index in [9.17, 15) is 5.11 Å². The Morgan fingerprint density at radius 3 is 2.00 bits per heavy atom. The fourth-order valence-corrected chi connectivity index (χ4v) is 1.97. The van der Waals surface area contributed by atoms with Crippen molar-refractivity contribution in [2.24, 2.45) is 10.8 Å². The minimum absolute atomic E-state index is 0.0596. The molecule has 0 saturated carbocycles. The van der Waals surface area contributed by atoms with Gasteiger partial charge in [-0.1, -0.05) is 47.5 Å². The van der Waals surface area contributed by atoms with Crippen molar-refractivity contribution in [3.05, 3.63) is 22.3 Å². The molecular formula is C16H26OS. The largest absolute Gasteiger partial charge is 0.512 e. The predicted octanol–water partition coefficient (Wildman–Crippen LogP) is 5.16. The minimum Gasteiger partial charge on any atom is -0.512 e. The first kappa shape index (κ1) is 17.2. The fraction of sp³-hybridized carbons (Fsp3) is 0.625. The topological polar surface area (TPSA) is 20.2 Å². The highest BCUT2D eigenvalue weighted by atomic mass is 32.2. The quantitative estimate of drug-likeness (QED) is 0.432. The van der Waals surface area contributed by atoms with E-state index in [0.29, 0.717) is 12.2 Å². The molecule has 1 N–H and O–H groups in total. The molecule has 0 atom stereocenters. The van der Waals surface area contributed by atoms with E-state index in [0.717, 1.165) is 10.5 Å². The molecule has 0 aliphatic carbocycles. The Bertz CT molecular complexity index is 381. The van der Waals surface area contributed by atoms with Crippen molar-refractivity contribution in [1.82, 2.24) is 0 Å². The number of aliphatic hydroxyl groups is 1. The molecule has 0 aromatic rings. The van der Waals surface area contributed by atoms with Crippen LogP contribution >= 0.6 is 11.8 Å². The van der Waals surface area contributed by atoms with E-state index in [2.05, 4.69) is 47.5 Å². The predicted molar refractivity (Wildman–Crippen MR) is 83.6 cm³/mol. The van der Waals surface area contributed by atoms with Gasteiger partial charge in [0.05, 0.1) is 10.7 Å². The van der Waals surface area contributed by atoms with Crippen molar-refractivity contribution >= 4 is 11.8 Å². The lowest BCUT2D eigenvalue weighted by atomic mass is 9.81. The normalized spacial score (nSPS) is 15.1. The lowest BCUT2D eigenvalue weighted by molar-refractivity contribution is 0.290. The maximum Gasteiger partial charge on any atom is 0.0965 e. The molecule has 0 bridgehead atoms. The molecule has 0 rings (SSSR count). The van der Waals surface area contributed by atoms with Gasteiger partial charge in [-0.05, 0) is 28.7 Å². The maximum atomic E-state index is 10.4. The fourth-order valence-electron chi connectivity index (χ4n) is 1.62. The average molecular weight is 266 g/mol. The zero-order valence-electron chi connectivity index (χ0n) is 12.7. The Morgan fingerprint density at radius 1 is 1.22 bits per heavy atom. The van der Waals surface area contributed by atoms with Crippen LogP contribution in [0.4, 0.5) is 0 Å². The zero-order chi connectivity index (χ0) is 14.6. The summed E-state index contributed by atoms with van der Waals surface area (Å²) in [5, 5.41) is 10.4. The molecule has 0 heterocycles. The van der Waals surface area contributed by atoms with Crippen LogP contribution < -0.4 is 0 Å². The molecule has 0 amide bonds. The van der Waals surface area contributed by atoms with Crippen molar-refractivity contribution in [2.45, 2.75) is 48.0 Å². The number of hydrogen-bond acceptors (Lipinski definition) is 2. The lowest BCUT2D eigenvalue weighted by Crippen LogP contribution is -2.14. The molecule has 1 nitrogen and oxygen atoms in total. The van der Waals surface area contributed by atoms with Gasteiger partial charge in [-0.15, -0.1) is 18.2 Å². The second-order valence-electron chi connectivity index (χ2n) is 6.70. The van der Waals surface area contributed by atoms with E-state index in [1.54, 1.807) is 0 Å². The third kappa shape index (κ3) is 6.21. The summed E-state index contributed by atoms with van der Waals surface area (Å²) in [6, 6.07) is 0. The highest BCUT2D eigenvalue weighted by Gasteiger charge is 2.23. The van der Waals surface area contributed by atoms with Crippen LogP contribution in [0.1, 0.15) is 48.0 Å². The van der Waals surface area contributed by atoms with Crippen molar-refractivity contribution in [3.63, 3.8) is 0 Å². The van der Waals surface area contributed by atoms with E-state index >= 15 is 0 Å². The maximum absolute atomic E-state index is 10.4. The van der Waals surface area contributed by atoms with Crippen molar-refractivity contribution in [2.75, 3.05) is 6.26 Å². The van der Waals surface area contributed by atoms with Crippen LogP contribution in [0.15, 0.2) is 22.3 Å². The molecule has 0 fully saturated rings. The number of hydrogen-bond donors (Lipinski definition) is 1. The number of aliphatic hydroxyl groups excluding tert-OH is 1. The van der Waals surface area contributed by atoms with Crippen molar-refractivity contribution in [3.8, 4) is 12.3 Å². The van der Waals surface area contributed by atoms with Gasteiger partial charge < -0.3 is 5.11 Å². The van der Waals surface area contributed by atoms with Gasteiger partial charge >= 0.3 is 0 Å². The molecule has 102 valence electrons. The van der Waals surface area contributed by atoms with E-state index < -0.39 is 0 Å². The van der Waals surface area contributed by atoms with Gasteiger partial charge in [0.25, 0.3) is 0 Å². The van der Waals surface area contributed by atoms with Gasteiger partial charge in [-0.25, -0.2) is 0 Å². The smallest absolute Gasteiger partial charge is 0.0965 e. The van der Waals surface area contributed by atoms with Crippen LogP contribution in [0.2, 0.25) is 0 Å². The van der Waals surface area contributed by atoms with Crippen molar-refractivity contribution < 1.29 is 5.11 Å². The Kier molecular flexibility index (Phi) is 6.10. The molecule has 0 spiro atoms. The average Bonchev–Trinajstić information content (AvgIpc) is 2.14. The SMILES string of the molecule is C#C/C(=C\C(=C(\O)CC(C)(C)C)C(C)(C)C)SC. The standard InChI is InChI=1S/C16H26OS/c1-9-12(18-8)10-13(16(5,6)7)14(17)11-15(2,3)4/h1,10,17H,11H2,2-8H3/b12-10+,14-13-. The van der Waals surface area contributed by atoms with Crippen LogP contribution in [0.5, 0.6) is 0 Å². The molecule has 0 aliphatic rings. The van der Waals surface area contributed by atoms with E-state index in [1.807, 2.05) is 12.3 Å². The summed E-state index contributed by atoms with van der Waals surface area (Å²) in [5.41, 5.74) is 0.872. The van der Waals surface area contributed by atoms with Crippen LogP contribution in [0.25, 0.3) is 0 Å². The third-order valence-electron chi connectivity index (χ3n) is 2.45. The molecule has 0 saturated heterocycles. The van der Waals surface area contributed by atoms with Gasteiger partial charge in [0.1, 0.15) is 0 Å². The molecule has 0 aromatic heterocycles. The number of terminal acetylenes is 1. The van der Waals surface area contributed by atoms with Crippen molar-refractivity contribution in [1.29, 1.82) is 0 Å². The van der Waals surface area contributed by atoms with Crippen LogP contribution in [0, 0.1) is 23.2 Å². The Hall–Kier alpha value is -0.810. The Balaban J connectivity index is 5.59. The van der Waals surface area contributed by atoms with Gasteiger partial charge in [-0.2, -0.15) is 0 Å².